The monoisotopic (exact) mass is 462 g/mol. The van der Waals surface area contributed by atoms with E-state index < -0.39 is 0 Å². The van der Waals surface area contributed by atoms with E-state index in [0.717, 1.165) is 74.3 Å². The molecule has 1 aliphatic heterocycles. The molecule has 0 N–H and O–H groups in total. The molecule has 0 bridgehead atoms. The van der Waals surface area contributed by atoms with Crippen LogP contribution in [0.15, 0.2) is 35.1 Å². The van der Waals surface area contributed by atoms with Gasteiger partial charge in [0.2, 0.25) is 0 Å². The Morgan fingerprint density at radius 2 is 1.82 bits per heavy atom. The third-order valence-corrected chi connectivity index (χ3v) is 7.44. The second-order valence-corrected chi connectivity index (χ2v) is 9.72. The predicted octanol–water partition coefficient (Wildman–Crippen LogP) is 3.64. The van der Waals surface area contributed by atoms with Crippen LogP contribution >= 0.6 is 0 Å². The minimum Gasteiger partial charge on any atom is -0.307 e. The Kier molecular flexibility index (Phi) is 6.55. The van der Waals surface area contributed by atoms with Gasteiger partial charge in [0.05, 0.1) is 11.2 Å². The number of Topliss-reactive ketones (excluding diaryl/α,β-unsaturated/α-hetero) is 1. The lowest BCUT2D eigenvalue weighted by Gasteiger charge is -2.32. The molecule has 0 spiro atoms. The molecule has 178 valence electrons. The van der Waals surface area contributed by atoms with E-state index in [0.29, 0.717) is 30.8 Å². The number of rotatable bonds is 6. The third-order valence-electron chi connectivity index (χ3n) is 7.44. The van der Waals surface area contributed by atoms with Crippen LogP contribution in [0.4, 0.5) is 4.39 Å². The number of pyridine rings is 1. The average molecular weight is 463 g/mol. The standard InChI is InChI=1S/C27H31FN4O2/c1-18-23-7-6-22(33)17-24(23)30-26(29-18)8-2-19-10-12-31(13-11-19)14-15-32-25-16-21(28)5-3-20(25)4-9-27(32)34/h3-5,9,16,19H,2,6-8,10-15,17H2,1H3. The maximum atomic E-state index is 13.8. The second kappa shape index (κ2) is 9.74. The SMILES string of the molecule is Cc1nc(CCC2CCN(CCn3c(=O)ccc4ccc(F)cc43)CC2)nc2c1CCC(=O)C2. The fourth-order valence-corrected chi connectivity index (χ4v) is 5.41. The van der Waals surface area contributed by atoms with Gasteiger partial charge in [-0.2, -0.15) is 0 Å². The molecule has 3 aromatic rings. The summed E-state index contributed by atoms with van der Waals surface area (Å²) in [4.78, 5) is 36.1. The van der Waals surface area contributed by atoms with Crippen LogP contribution in [-0.4, -0.2) is 44.9 Å². The number of carbonyl (C=O) groups excluding carboxylic acids is 1. The summed E-state index contributed by atoms with van der Waals surface area (Å²) in [6.07, 6.45) is 5.98. The number of benzene rings is 1. The molecule has 7 heteroatoms. The summed E-state index contributed by atoms with van der Waals surface area (Å²) in [5.41, 5.74) is 3.71. The molecule has 0 atom stereocenters. The average Bonchev–Trinajstić information content (AvgIpc) is 2.82. The number of nitrogens with zero attached hydrogens (tertiary/aromatic N) is 4. The van der Waals surface area contributed by atoms with Crippen molar-refractivity contribution in [3.05, 3.63) is 69.3 Å². The molecule has 0 radical (unpaired) electrons. The zero-order valence-corrected chi connectivity index (χ0v) is 19.7. The number of piperidine rings is 1. The quantitative estimate of drug-likeness (QED) is 0.560. The van der Waals surface area contributed by atoms with Crippen molar-refractivity contribution in [1.82, 2.24) is 19.4 Å². The molecule has 6 nitrogen and oxygen atoms in total. The lowest BCUT2D eigenvalue weighted by atomic mass is 9.91. The first-order valence-electron chi connectivity index (χ1n) is 12.3. The fourth-order valence-electron chi connectivity index (χ4n) is 5.41. The highest BCUT2D eigenvalue weighted by Gasteiger charge is 2.22. The minimum atomic E-state index is -0.322. The topological polar surface area (TPSA) is 68.1 Å². The summed E-state index contributed by atoms with van der Waals surface area (Å²) < 4.78 is 15.4. The molecule has 2 aliphatic rings. The molecule has 1 aromatic carbocycles. The number of hydrogen-bond donors (Lipinski definition) is 0. The highest BCUT2D eigenvalue weighted by Crippen LogP contribution is 2.24. The van der Waals surface area contributed by atoms with E-state index in [4.69, 9.17) is 9.97 Å². The Hall–Kier alpha value is -2.93. The Balaban J connectivity index is 1.14. The Labute approximate surface area is 198 Å². The number of likely N-dealkylation sites (tertiary alicyclic amines) is 1. The molecule has 34 heavy (non-hydrogen) atoms. The number of hydrogen-bond acceptors (Lipinski definition) is 5. The van der Waals surface area contributed by atoms with Gasteiger partial charge in [0, 0.05) is 44.1 Å². The fraction of sp³-hybridized carbons (Fsp3) is 0.481. The predicted molar refractivity (Wildman–Crippen MR) is 129 cm³/mol. The van der Waals surface area contributed by atoms with E-state index in [9.17, 15) is 14.0 Å². The molecule has 5 rings (SSSR count). The maximum absolute atomic E-state index is 13.8. The summed E-state index contributed by atoms with van der Waals surface area (Å²) in [6.45, 7) is 5.37. The van der Waals surface area contributed by atoms with Gasteiger partial charge in [-0.3, -0.25) is 9.59 Å². The first kappa shape index (κ1) is 22.8. The highest BCUT2D eigenvalue weighted by atomic mass is 19.1. The Morgan fingerprint density at radius 3 is 2.65 bits per heavy atom. The minimum absolute atomic E-state index is 0.0879. The van der Waals surface area contributed by atoms with E-state index in [1.165, 1.54) is 17.7 Å². The van der Waals surface area contributed by atoms with Crippen molar-refractivity contribution in [3.63, 3.8) is 0 Å². The molecule has 0 amide bonds. The maximum Gasteiger partial charge on any atom is 0.251 e. The van der Waals surface area contributed by atoms with E-state index in [2.05, 4.69) is 4.90 Å². The van der Waals surface area contributed by atoms with Gasteiger partial charge in [-0.25, -0.2) is 14.4 Å². The van der Waals surface area contributed by atoms with Crippen molar-refractivity contribution in [1.29, 1.82) is 0 Å². The second-order valence-electron chi connectivity index (χ2n) is 9.72. The molecule has 1 aliphatic carbocycles. The van der Waals surface area contributed by atoms with Crippen molar-refractivity contribution < 1.29 is 9.18 Å². The van der Waals surface area contributed by atoms with Gasteiger partial charge in [0.15, 0.2) is 0 Å². The molecule has 0 saturated carbocycles. The molecule has 0 unspecified atom stereocenters. The van der Waals surface area contributed by atoms with Gasteiger partial charge >= 0.3 is 0 Å². The lowest BCUT2D eigenvalue weighted by molar-refractivity contribution is -0.118. The number of carbonyl (C=O) groups is 1. The summed E-state index contributed by atoms with van der Waals surface area (Å²) in [5.74, 6) is 1.46. The number of aryl methyl sites for hydroxylation is 2. The first-order chi connectivity index (χ1) is 16.5. The van der Waals surface area contributed by atoms with Crippen molar-refractivity contribution in [2.24, 2.45) is 5.92 Å². The van der Waals surface area contributed by atoms with Gasteiger partial charge in [0.25, 0.3) is 5.56 Å². The zero-order valence-electron chi connectivity index (χ0n) is 19.7. The van der Waals surface area contributed by atoms with E-state index in [1.54, 1.807) is 22.8 Å². The summed E-state index contributed by atoms with van der Waals surface area (Å²) in [7, 11) is 0. The van der Waals surface area contributed by atoms with Crippen molar-refractivity contribution >= 4 is 16.7 Å². The van der Waals surface area contributed by atoms with Crippen molar-refractivity contribution in [2.75, 3.05) is 19.6 Å². The van der Waals surface area contributed by atoms with Crippen LogP contribution in [0, 0.1) is 18.7 Å². The Morgan fingerprint density at radius 1 is 1.03 bits per heavy atom. The molecule has 3 heterocycles. The molecule has 1 fully saturated rings. The van der Waals surface area contributed by atoms with Gasteiger partial charge in [-0.15, -0.1) is 0 Å². The van der Waals surface area contributed by atoms with E-state index >= 15 is 0 Å². The molecular formula is C27H31FN4O2. The molecule has 1 saturated heterocycles. The van der Waals surface area contributed by atoms with Crippen LogP contribution in [0.5, 0.6) is 0 Å². The van der Waals surface area contributed by atoms with Crippen LogP contribution in [0.3, 0.4) is 0 Å². The van der Waals surface area contributed by atoms with Crippen molar-refractivity contribution in [3.8, 4) is 0 Å². The number of ketones is 1. The summed E-state index contributed by atoms with van der Waals surface area (Å²) in [5, 5.41) is 0.878. The van der Waals surface area contributed by atoms with Crippen LogP contribution in [-0.2, 0) is 30.6 Å². The van der Waals surface area contributed by atoms with Gasteiger partial charge in [-0.1, -0.05) is 0 Å². The largest absolute Gasteiger partial charge is 0.307 e. The smallest absolute Gasteiger partial charge is 0.251 e. The number of aromatic nitrogens is 3. The van der Waals surface area contributed by atoms with Gasteiger partial charge < -0.3 is 9.47 Å². The van der Waals surface area contributed by atoms with Gasteiger partial charge in [0.1, 0.15) is 17.4 Å². The Bertz CT molecular complexity index is 1280. The van der Waals surface area contributed by atoms with Crippen LogP contribution < -0.4 is 5.56 Å². The summed E-state index contributed by atoms with van der Waals surface area (Å²) >= 11 is 0. The number of fused-ring (bicyclic) bond motifs is 2. The summed E-state index contributed by atoms with van der Waals surface area (Å²) in [6, 6.07) is 7.91. The zero-order chi connectivity index (χ0) is 23.7. The number of halogens is 1. The van der Waals surface area contributed by atoms with Crippen LogP contribution in [0.2, 0.25) is 0 Å². The van der Waals surface area contributed by atoms with Crippen LogP contribution in [0.25, 0.3) is 10.9 Å². The van der Waals surface area contributed by atoms with Crippen LogP contribution in [0.1, 0.15) is 48.5 Å². The molecule has 2 aromatic heterocycles. The van der Waals surface area contributed by atoms with E-state index in [-0.39, 0.29) is 17.2 Å². The van der Waals surface area contributed by atoms with Gasteiger partial charge in [-0.05, 0) is 86.8 Å². The van der Waals surface area contributed by atoms with E-state index in [1.807, 2.05) is 6.92 Å². The lowest BCUT2D eigenvalue weighted by Crippen LogP contribution is -2.37. The highest BCUT2D eigenvalue weighted by molar-refractivity contribution is 5.82. The van der Waals surface area contributed by atoms with Crippen molar-refractivity contribution in [2.45, 2.75) is 58.4 Å². The normalized spacial score (nSPS) is 17.3. The first-order valence-corrected chi connectivity index (χ1v) is 12.3. The third kappa shape index (κ3) is 4.94. The molecular weight excluding hydrogens is 431 g/mol.